The van der Waals surface area contributed by atoms with Crippen LogP contribution in [0.3, 0.4) is 0 Å². The van der Waals surface area contributed by atoms with E-state index in [1.54, 1.807) is 12.1 Å². The third kappa shape index (κ3) is 6.14. The van der Waals surface area contributed by atoms with Crippen molar-refractivity contribution in [2.75, 3.05) is 13.7 Å². The van der Waals surface area contributed by atoms with Gasteiger partial charge in [-0.05, 0) is 31.4 Å². The molecule has 2 atom stereocenters. The summed E-state index contributed by atoms with van der Waals surface area (Å²) in [5.74, 6) is -2.60. The molecule has 2 aromatic rings. The van der Waals surface area contributed by atoms with E-state index >= 15 is 0 Å². The zero-order valence-electron chi connectivity index (χ0n) is 18.3. The van der Waals surface area contributed by atoms with Gasteiger partial charge in [0.25, 0.3) is 0 Å². The molecule has 0 spiro atoms. The van der Waals surface area contributed by atoms with Crippen molar-refractivity contribution < 1.29 is 33.8 Å². The Morgan fingerprint density at radius 1 is 1.09 bits per heavy atom. The van der Waals surface area contributed by atoms with Crippen LogP contribution in [0.25, 0.3) is 11.5 Å². The minimum atomic E-state index is -1.32. The van der Waals surface area contributed by atoms with Crippen LogP contribution in [-0.4, -0.2) is 69.6 Å². The molecule has 0 bridgehead atoms. The summed E-state index contributed by atoms with van der Waals surface area (Å²) in [7, 11) is 1.47. The Kier molecular flexibility index (Phi) is 8.12. The van der Waals surface area contributed by atoms with Crippen LogP contribution in [0.2, 0.25) is 0 Å². The lowest BCUT2D eigenvalue weighted by atomic mass is 9.93. The summed E-state index contributed by atoms with van der Waals surface area (Å²) < 4.78 is 10.6. The number of carboxylic acids is 2. The minimum absolute atomic E-state index is 0.0680. The van der Waals surface area contributed by atoms with Gasteiger partial charge in [0, 0.05) is 19.3 Å². The van der Waals surface area contributed by atoms with Gasteiger partial charge in [-0.1, -0.05) is 31.0 Å². The first-order valence-electron chi connectivity index (χ1n) is 10.8. The molecule has 1 aromatic heterocycles. The molecule has 11 nitrogen and oxygen atoms in total. The summed E-state index contributed by atoms with van der Waals surface area (Å²) in [6.07, 6.45) is 2.22. The Labute approximate surface area is 190 Å². The van der Waals surface area contributed by atoms with Gasteiger partial charge in [-0.2, -0.15) is 0 Å². The van der Waals surface area contributed by atoms with Crippen molar-refractivity contribution in [2.24, 2.45) is 0 Å². The van der Waals surface area contributed by atoms with Crippen molar-refractivity contribution in [3.8, 4) is 11.5 Å². The largest absolute Gasteiger partial charge is 0.480 e. The zero-order valence-corrected chi connectivity index (χ0v) is 18.3. The van der Waals surface area contributed by atoms with E-state index in [1.807, 2.05) is 18.2 Å². The highest BCUT2D eigenvalue weighted by molar-refractivity contribution is 5.91. The molecule has 178 valence electrons. The van der Waals surface area contributed by atoms with Crippen molar-refractivity contribution in [3.63, 3.8) is 0 Å². The van der Waals surface area contributed by atoms with Crippen LogP contribution in [0.4, 0.5) is 0 Å². The number of nitrogens with one attached hydrogen (secondary N) is 2. The lowest BCUT2D eigenvalue weighted by Crippen LogP contribution is -2.62. The number of hydrogen-bond acceptors (Lipinski definition) is 8. The number of rotatable bonds is 12. The van der Waals surface area contributed by atoms with Crippen molar-refractivity contribution in [2.45, 2.75) is 56.1 Å². The highest BCUT2D eigenvalue weighted by atomic mass is 16.5. The van der Waals surface area contributed by atoms with Gasteiger partial charge in [-0.25, -0.2) is 4.79 Å². The van der Waals surface area contributed by atoms with Gasteiger partial charge < -0.3 is 24.7 Å². The van der Waals surface area contributed by atoms with Crippen LogP contribution >= 0.6 is 0 Å². The zero-order chi connectivity index (χ0) is 23.8. The smallest absolute Gasteiger partial charge is 0.326 e. The standard InChI is InChI=1S/C22H28N4O7/c1-32-12-9-15(19(27)28)24-22(10-5-6-11-22)21(31)23-16(20(29)30)13-17-25-26-18(33-17)14-7-3-2-4-8-14/h2-4,7-8,15-16,24H,5-6,9-13H2,1H3,(H,23,31)(H,27,28)(H,29,30)/t15-,16-/m0/s1. The molecule has 0 saturated heterocycles. The van der Waals surface area contributed by atoms with Gasteiger partial charge in [-0.15, -0.1) is 10.2 Å². The van der Waals surface area contributed by atoms with Crippen LogP contribution < -0.4 is 10.6 Å². The summed E-state index contributed by atoms with van der Waals surface area (Å²) in [4.78, 5) is 36.8. The van der Waals surface area contributed by atoms with Crippen molar-refractivity contribution in [1.29, 1.82) is 0 Å². The van der Waals surface area contributed by atoms with Crippen LogP contribution in [0, 0.1) is 0 Å². The summed E-state index contributed by atoms with van der Waals surface area (Å²) >= 11 is 0. The van der Waals surface area contributed by atoms with Gasteiger partial charge in [-0.3, -0.25) is 14.9 Å². The Morgan fingerprint density at radius 3 is 2.36 bits per heavy atom. The molecule has 11 heteroatoms. The van der Waals surface area contributed by atoms with E-state index in [4.69, 9.17) is 9.15 Å². The van der Waals surface area contributed by atoms with Gasteiger partial charge in [0.05, 0.1) is 12.0 Å². The highest BCUT2D eigenvalue weighted by Gasteiger charge is 2.45. The minimum Gasteiger partial charge on any atom is -0.480 e. The third-order valence-corrected chi connectivity index (χ3v) is 5.72. The highest BCUT2D eigenvalue weighted by Crippen LogP contribution is 2.31. The second kappa shape index (κ2) is 11.0. The monoisotopic (exact) mass is 460 g/mol. The van der Waals surface area contributed by atoms with Gasteiger partial charge in [0.15, 0.2) is 0 Å². The van der Waals surface area contributed by atoms with Gasteiger partial charge >= 0.3 is 11.9 Å². The molecule has 1 saturated carbocycles. The summed E-state index contributed by atoms with van der Waals surface area (Å²) in [6, 6.07) is 6.71. The molecule has 1 aromatic carbocycles. The van der Waals surface area contributed by atoms with Crippen LogP contribution in [0.1, 0.15) is 38.0 Å². The Hall–Kier alpha value is -3.31. The first kappa shape index (κ1) is 24.3. The predicted molar refractivity (Wildman–Crippen MR) is 115 cm³/mol. The van der Waals surface area contributed by atoms with Crippen molar-refractivity contribution >= 4 is 17.8 Å². The number of benzene rings is 1. The van der Waals surface area contributed by atoms with E-state index < -0.39 is 35.5 Å². The normalized spacial score (nSPS) is 16.8. The average Bonchev–Trinajstić information content (AvgIpc) is 3.47. The van der Waals surface area contributed by atoms with Gasteiger partial charge in [0.2, 0.25) is 17.7 Å². The molecule has 1 aliphatic carbocycles. The molecule has 0 unspecified atom stereocenters. The molecule has 1 aliphatic rings. The topological polar surface area (TPSA) is 164 Å². The van der Waals surface area contributed by atoms with E-state index in [0.29, 0.717) is 18.4 Å². The van der Waals surface area contributed by atoms with E-state index in [2.05, 4.69) is 20.8 Å². The first-order chi connectivity index (χ1) is 15.8. The number of ether oxygens (including phenoxy) is 1. The Balaban J connectivity index is 1.72. The predicted octanol–water partition coefficient (Wildman–Crippen LogP) is 1.24. The maximum atomic E-state index is 13.2. The van der Waals surface area contributed by atoms with Crippen LogP contribution in [0.15, 0.2) is 34.7 Å². The molecule has 3 rings (SSSR count). The SMILES string of the molecule is COCC[C@H](NC1(C(=O)N[C@@H](Cc2nnc(-c3ccccc3)o2)C(=O)O)CCCC1)C(=O)O. The van der Waals surface area contributed by atoms with E-state index in [1.165, 1.54) is 7.11 Å². The molecule has 0 aliphatic heterocycles. The number of amides is 1. The fraction of sp³-hybridized carbons (Fsp3) is 0.500. The maximum Gasteiger partial charge on any atom is 0.326 e. The molecule has 1 amide bonds. The number of carbonyl (C=O) groups is 3. The number of carbonyl (C=O) groups excluding carboxylic acids is 1. The average molecular weight is 460 g/mol. The van der Waals surface area contributed by atoms with Gasteiger partial charge in [0.1, 0.15) is 12.1 Å². The second-order valence-electron chi connectivity index (χ2n) is 8.04. The Morgan fingerprint density at radius 2 is 1.76 bits per heavy atom. The van der Waals surface area contributed by atoms with E-state index in [0.717, 1.165) is 12.8 Å². The summed E-state index contributed by atoms with van der Waals surface area (Å²) in [5, 5.41) is 32.6. The van der Waals surface area contributed by atoms with Crippen LogP contribution in [-0.2, 0) is 25.5 Å². The molecule has 4 N–H and O–H groups in total. The second-order valence-corrected chi connectivity index (χ2v) is 8.04. The molecule has 1 heterocycles. The Bertz CT molecular complexity index is 957. The summed E-state index contributed by atoms with van der Waals surface area (Å²) in [6.45, 7) is 0.209. The van der Waals surface area contributed by atoms with Crippen molar-refractivity contribution in [1.82, 2.24) is 20.8 Å². The number of aliphatic carboxylic acids is 2. The van der Waals surface area contributed by atoms with Crippen LogP contribution in [0.5, 0.6) is 0 Å². The number of methoxy groups -OCH3 is 1. The number of hydrogen-bond donors (Lipinski definition) is 4. The number of carboxylic acid groups (broad SMARTS) is 2. The maximum absolute atomic E-state index is 13.2. The fourth-order valence-corrected chi connectivity index (χ4v) is 3.95. The lowest BCUT2D eigenvalue weighted by molar-refractivity contribution is -0.145. The van der Waals surface area contributed by atoms with E-state index in [9.17, 15) is 24.6 Å². The summed E-state index contributed by atoms with van der Waals surface area (Å²) in [5.41, 5.74) is -0.480. The quantitative estimate of drug-likeness (QED) is 0.362. The molecular formula is C22H28N4O7. The molecule has 33 heavy (non-hydrogen) atoms. The molecule has 1 fully saturated rings. The molecular weight excluding hydrogens is 432 g/mol. The number of aromatic nitrogens is 2. The lowest BCUT2D eigenvalue weighted by Gasteiger charge is -2.33. The third-order valence-electron chi connectivity index (χ3n) is 5.72. The molecule has 0 radical (unpaired) electrons. The van der Waals surface area contributed by atoms with Crippen molar-refractivity contribution in [3.05, 3.63) is 36.2 Å². The first-order valence-corrected chi connectivity index (χ1v) is 10.8. The van der Waals surface area contributed by atoms with E-state index in [-0.39, 0.29) is 31.2 Å². The fourth-order valence-electron chi connectivity index (χ4n) is 3.95. The number of nitrogens with zero attached hydrogens (tertiary/aromatic N) is 2.